The van der Waals surface area contributed by atoms with Crippen LogP contribution >= 0.6 is 0 Å². The van der Waals surface area contributed by atoms with Gasteiger partial charge >= 0.3 is 13.2 Å². The molecule has 5 N–H and O–H groups in total. The third kappa shape index (κ3) is 17.6. The Kier molecular flexibility index (Phi) is 21.3. The van der Waals surface area contributed by atoms with Crippen LogP contribution in [0.4, 0.5) is 17.6 Å². The monoisotopic (exact) mass is 1040 g/mol. The highest BCUT2D eigenvalue weighted by molar-refractivity contribution is 7.88. The summed E-state index contributed by atoms with van der Waals surface area (Å²) in [7, 11) is -2.61. The zero-order valence-electron chi connectivity index (χ0n) is 39.9. The van der Waals surface area contributed by atoms with Crippen LogP contribution in [0, 0.1) is 0 Å². The molecule has 0 aromatic heterocycles. The first-order valence-corrected chi connectivity index (χ1v) is 26.4. The second kappa shape index (κ2) is 26.8. The molecule has 4 aromatic carbocycles. The molecule has 22 heteroatoms. The number of hydrogen-bond acceptors (Lipinski definition) is 12. The van der Waals surface area contributed by atoms with Gasteiger partial charge in [-0.2, -0.15) is 17.6 Å². The van der Waals surface area contributed by atoms with Crippen LogP contribution in [0.1, 0.15) is 98.7 Å². The summed E-state index contributed by atoms with van der Waals surface area (Å²) < 4.78 is 130. The zero-order valence-corrected chi connectivity index (χ0v) is 41.5. The Morgan fingerprint density at radius 1 is 0.662 bits per heavy atom. The Bertz CT molecular complexity index is 2640. The molecule has 0 aliphatic carbocycles. The van der Waals surface area contributed by atoms with E-state index in [1.54, 1.807) is 86.8 Å². The van der Waals surface area contributed by atoms with E-state index >= 15 is 0 Å². The number of carbonyl (C=O) groups is 2. The highest BCUT2D eigenvalue weighted by Crippen LogP contribution is 2.50. The smallest absolute Gasteiger partial charge is 0.387 e. The molecule has 390 valence electrons. The number of fused-ring (bicyclic) bond motifs is 6. The van der Waals surface area contributed by atoms with Crippen molar-refractivity contribution < 1.29 is 72.4 Å². The number of halogens is 4. The summed E-state index contributed by atoms with van der Waals surface area (Å²) in [5.41, 5.74) is 4.40. The lowest BCUT2D eigenvalue weighted by molar-refractivity contribution is -0.130. The van der Waals surface area contributed by atoms with Crippen LogP contribution in [0.3, 0.4) is 0 Å². The molecule has 0 spiro atoms. The van der Waals surface area contributed by atoms with E-state index in [0.29, 0.717) is 121 Å². The largest absolute Gasteiger partial charge is 0.485 e. The van der Waals surface area contributed by atoms with Gasteiger partial charge < -0.3 is 38.6 Å². The number of primary sulfonamides is 2. The predicted molar refractivity (Wildman–Crippen MR) is 258 cm³/mol. The number of ether oxygens (including phenoxy) is 6. The van der Waals surface area contributed by atoms with E-state index in [-0.39, 0.29) is 34.8 Å². The number of sulfonamides is 2. The van der Waals surface area contributed by atoms with Gasteiger partial charge in [0.1, 0.15) is 35.2 Å². The molecule has 2 unspecified atom stereocenters. The number of hydrogen-bond donors (Lipinski definition) is 3. The average Bonchev–Trinajstić information content (AvgIpc) is 3.29. The van der Waals surface area contributed by atoms with Crippen LogP contribution in [0.5, 0.6) is 23.0 Å². The van der Waals surface area contributed by atoms with Gasteiger partial charge in [-0.25, -0.2) is 27.1 Å². The molecule has 2 amide bonds. The van der Waals surface area contributed by atoms with Gasteiger partial charge in [0.05, 0.1) is 35.8 Å². The van der Waals surface area contributed by atoms with E-state index in [1.807, 2.05) is 0 Å². The maximum absolute atomic E-state index is 13.0. The van der Waals surface area contributed by atoms with E-state index in [1.165, 1.54) is 12.1 Å². The zero-order chi connectivity index (χ0) is 51.7. The SMILES string of the molecule is COCCN(C)C(=O)CCCCCC1Oc2cccc(OC(F)F)c2-c2ccc(CS(N)(=O)=O)cc21.COCCNC(=O)CCCCCC1Oc2cccc(OC(F)F)c2-c2ccc(CS(N)(=O)=O)cc21. The van der Waals surface area contributed by atoms with Crippen molar-refractivity contribution in [1.29, 1.82) is 0 Å². The topological polar surface area (TPSA) is 225 Å². The number of alkyl halides is 4. The van der Waals surface area contributed by atoms with Crippen LogP contribution in [0.25, 0.3) is 22.3 Å². The standard InChI is InChI=1S/C25H32F2N2O6S.C24H30F2N2O6S/c1-29(13-14-33-2)23(30)10-5-3-4-7-20-19-15-17(16-36(28,31)32)11-12-18(19)24-21(34-20)8-6-9-22(24)35-25(26)27;1-32-13-12-28-22(29)9-4-2-3-6-19-18-14-16(15-35(27,30)31)10-11-17(18)23-20(33-19)7-5-8-21(23)34-24(25)26/h6,8-9,11-12,15,20,25H,3-5,7,10,13-14,16H2,1-2H3,(H2,28,31,32);5,7-8,10-11,14,19,24H,2-4,6,9,12-13,15H2,1H3,(H,28,29)(H2,27,30,31). The van der Waals surface area contributed by atoms with Crippen LogP contribution in [-0.2, 0) is 50.6 Å². The lowest BCUT2D eigenvalue weighted by Crippen LogP contribution is -2.29. The van der Waals surface area contributed by atoms with Gasteiger partial charge in [0.2, 0.25) is 31.9 Å². The highest BCUT2D eigenvalue weighted by atomic mass is 32.2. The van der Waals surface area contributed by atoms with Crippen molar-refractivity contribution >= 4 is 31.9 Å². The lowest BCUT2D eigenvalue weighted by atomic mass is 9.89. The first-order valence-electron chi connectivity index (χ1n) is 23.0. The number of carbonyl (C=O) groups excluding carboxylic acids is 2. The quantitative estimate of drug-likeness (QED) is 0.0401. The van der Waals surface area contributed by atoms with Crippen LogP contribution < -0.4 is 34.5 Å². The molecular formula is C49H62F4N4O12S2. The second-order valence-corrected chi connectivity index (χ2v) is 20.3. The van der Waals surface area contributed by atoms with Crippen LogP contribution in [0.2, 0.25) is 0 Å². The van der Waals surface area contributed by atoms with Gasteiger partial charge in [-0.3, -0.25) is 9.59 Å². The van der Waals surface area contributed by atoms with E-state index in [9.17, 15) is 44.0 Å². The van der Waals surface area contributed by atoms with E-state index in [2.05, 4.69) is 5.32 Å². The van der Waals surface area contributed by atoms with Crippen molar-refractivity contribution in [2.24, 2.45) is 10.3 Å². The van der Waals surface area contributed by atoms with Crippen molar-refractivity contribution in [2.75, 3.05) is 47.6 Å². The van der Waals surface area contributed by atoms with Crippen molar-refractivity contribution in [3.05, 3.63) is 95.1 Å². The summed E-state index contributed by atoms with van der Waals surface area (Å²) >= 11 is 0. The Balaban J connectivity index is 0.000000264. The minimum Gasteiger partial charge on any atom is -0.485 e. The number of rotatable bonds is 26. The Labute approximate surface area is 412 Å². The van der Waals surface area contributed by atoms with Crippen molar-refractivity contribution in [3.63, 3.8) is 0 Å². The van der Waals surface area contributed by atoms with Gasteiger partial charge in [-0.05, 0) is 85.0 Å². The molecule has 0 saturated carbocycles. The average molecular weight is 1040 g/mol. The molecule has 0 fully saturated rings. The van der Waals surface area contributed by atoms with E-state index in [0.717, 1.165) is 25.7 Å². The molecule has 71 heavy (non-hydrogen) atoms. The molecule has 2 heterocycles. The maximum Gasteiger partial charge on any atom is 0.387 e. The molecule has 2 aliphatic heterocycles. The first-order chi connectivity index (χ1) is 33.8. The fourth-order valence-electron chi connectivity index (χ4n) is 8.36. The normalized spacial score (nSPS) is 14.7. The highest BCUT2D eigenvalue weighted by Gasteiger charge is 2.31. The van der Waals surface area contributed by atoms with Crippen molar-refractivity contribution in [2.45, 2.75) is 101 Å². The lowest BCUT2D eigenvalue weighted by Gasteiger charge is -2.30. The third-order valence-electron chi connectivity index (χ3n) is 11.6. The number of nitrogens with zero attached hydrogens (tertiary/aromatic N) is 1. The number of nitrogens with two attached hydrogens (primary N) is 2. The summed E-state index contributed by atoms with van der Waals surface area (Å²) in [6.45, 7) is -4.05. The third-order valence-corrected chi connectivity index (χ3v) is 13.0. The molecule has 4 aromatic rings. The van der Waals surface area contributed by atoms with Gasteiger partial charge in [-0.15, -0.1) is 0 Å². The van der Waals surface area contributed by atoms with E-state index < -0.39 is 45.5 Å². The van der Waals surface area contributed by atoms with Gasteiger partial charge in [0.15, 0.2) is 0 Å². The maximum atomic E-state index is 13.0. The molecular weight excluding hydrogens is 977 g/mol. The molecule has 6 rings (SSSR count). The molecule has 0 radical (unpaired) electrons. The van der Waals surface area contributed by atoms with Crippen LogP contribution in [0.15, 0.2) is 72.8 Å². The number of amides is 2. The summed E-state index contributed by atoms with van der Waals surface area (Å²) in [5.74, 6) is 0.112. The summed E-state index contributed by atoms with van der Waals surface area (Å²) in [5, 5.41) is 13.2. The fourth-order valence-corrected chi connectivity index (χ4v) is 9.64. The fraction of sp³-hybridized carbons (Fsp3) is 0.469. The molecule has 2 aliphatic rings. The van der Waals surface area contributed by atoms with Gasteiger partial charge in [0.25, 0.3) is 0 Å². The van der Waals surface area contributed by atoms with Crippen molar-refractivity contribution in [1.82, 2.24) is 10.2 Å². The molecule has 16 nitrogen and oxygen atoms in total. The summed E-state index contributed by atoms with van der Waals surface area (Å²) in [6, 6.07) is 19.4. The Hall–Kier alpha value is -5.52. The molecule has 0 bridgehead atoms. The van der Waals surface area contributed by atoms with Crippen molar-refractivity contribution in [3.8, 4) is 45.3 Å². The Morgan fingerprint density at radius 3 is 1.56 bits per heavy atom. The van der Waals surface area contributed by atoms with E-state index in [4.69, 9.17) is 38.7 Å². The summed E-state index contributed by atoms with van der Waals surface area (Å²) in [4.78, 5) is 25.7. The van der Waals surface area contributed by atoms with Gasteiger partial charge in [-0.1, -0.05) is 61.4 Å². The predicted octanol–water partition coefficient (Wildman–Crippen LogP) is 8.12. The number of methoxy groups -OCH3 is 2. The van der Waals surface area contributed by atoms with Crippen LogP contribution in [-0.4, -0.2) is 94.3 Å². The second-order valence-electron chi connectivity index (χ2n) is 17.0. The molecule has 2 atom stereocenters. The number of unbranched alkanes of at least 4 members (excludes halogenated alkanes) is 4. The van der Waals surface area contributed by atoms with Gasteiger partial charge in [0, 0.05) is 58.3 Å². The Morgan fingerprint density at radius 2 is 1.13 bits per heavy atom. The summed E-state index contributed by atoms with van der Waals surface area (Å²) in [6.07, 6.45) is 5.66. The number of nitrogens with one attached hydrogen (secondary N) is 1. The minimum atomic E-state index is -3.76. The first kappa shape index (κ1) is 56.4. The minimum absolute atomic E-state index is 0.0162. The molecule has 0 saturated heterocycles. The number of likely N-dealkylation sites (N-methyl/N-ethyl adjacent to an activating group) is 1. The number of benzene rings is 4.